The highest BCUT2D eigenvalue weighted by molar-refractivity contribution is 5.91. The number of para-hydroxylation sites is 1. The number of anilines is 1. The Kier molecular flexibility index (Phi) is 15.8. The van der Waals surface area contributed by atoms with Gasteiger partial charge in [0.15, 0.2) is 0 Å². The molecule has 4 atom stereocenters. The second-order valence-corrected chi connectivity index (χ2v) is 16.7. The van der Waals surface area contributed by atoms with Gasteiger partial charge in [0.05, 0.1) is 36.9 Å². The third kappa shape index (κ3) is 12.1. The molecule has 1 saturated carbocycles. The summed E-state index contributed by atoms with van der Waals surface area (Å²) in [5.41, 5.74) is 5.88. The summed E-state index contributed by atoms with van der Waals surface area (Å²) in [7, 11) is 0. The number of pyridine rings is 1. The van der Waals surface area contributed by atoms with E-state index < -0.39 is 6.10 Å². The van der Waals surface area contributed by atoms with E-state index in [1.807, 2.05) is 59.5 Å². The summed E-state index contributed by atoms with van der Waals surface area (Å²) in [5.74, 6) is 1.09. The molecule has 12 nitrogen and oxygen atoms in total. The third-order valence-electron chi connectivity index (χ3n) is 12.3. The normalized spacial score (nSPS) is 17.8. The Morgan fingerprint density at radius 2 is 1.65 bits per heavy atom. The highest BCUT2D eigenvalue weighted by atomic mass is 16.6. The molecule has 0 spiro atoms. The molecule has 0 bridgehead atoms. The zero-order valence-corrected chi connectivity index (χ0v) is 35.8. The predicted molar refractivity (Wildman–Crippen MR) is 243 cm³/mol. The standard InChI is InChI=1S/C50H61N5O7/c1-2-3-24-55(26-23-51-32-46(57)42-16-18-45(56)49-43(42)17-19-47(58)53-49)48(59)22-28-61-27-21-36-11-9-10-35(29-36)20-25-54-33-38-30-40(31-39(38)34-54)62-50(60)52-44-15-8-7-14-41(44)37-12-5-4-6-13-37/h4-19,29,38-40,46,51,56-57H,2-3,20-28,30-34H2,1H3,(H,52,60)(H,53,58)/t38-,39+,40?,46-/m0/s1. The lowest BCUT2D eigenvalue weighted by atomic mass is 10.0. The largest absolute Gasteiger partial charge is 0.506 e. The number of ether oxygens (including phenoxy) is 2. The van der Waals surface area contributed by atoms with Gasteiger partial charge in [0.25, 0.3) is 0 Å². The molecule has 2 amide bonds. The summed E-state index contributed by atoms with van der Waals surface area (Å²) in [5, 5.41) is 27.9. The van der Waals surface area contributed by atoms with E-state index >= 15 is 0 Å². The van der Waals surface area contributed by atoms with E-state index in [9.17, 15) is 24.6 Å². The van der Waals surface area contributed by atoms with Crippen LogP contribution in [0.3, 0.4) is 0 Å². The first-order chi connectivity index (χ1) is 30.2. The van der Waals surface area contributed by atoms with Crippen LogP contribution in [0.2, 0.25) is 0 Å². The predicted octanol–water partition coefficient (Wildman–Crippen LogP) is 7.30. The summed E-state index contributed by atoms with van der Waals surface area (Å²) in [4.78, 5) is 44.9. The maximum absolute atomic E-state index is 13.2. The van der Waals surface area contributed by atoms with Crippen LogP contribution in [0.4, 0.5) is 10.5 Å². The number of hydrogen-bond donors (Lipinski definition) is 5. The van der Waals surface area contributed by atoms with Crippen molar-refractivity contribution in [1.82, 2.24) is 20.1 Å². The van der Waals surface area contributed by atoms with Crippen LogP contribution in [0.1, 0.15) is 61.8 Å². The molecule has 62 heavy (non-hydrogen) atoms. The Balaban J connectivity index is 0.772. The van der Waals surface area contributed by atoms with Crippen LogP contribution in [0.25, 0.3) is 22.0 Å². The Hall–Kier alpha value is -5.53. The number of aromatic nitrogens is 1. The summed E-state index contributed by atoms with van der Waals surface area (Å²) >= 11 is 0. The van der Waals surface area contributed by atoms with Gasteiger partial charge in [-0.15, -0.1) is 0 Å². The van der Waals surface area contributed by atoms with Crippen LogP contribution in [0.5, 0.6) is 5.75 Å². The summed E-state index contributed by atoms with van der Waals surface area (Å²) in [6, 6.07) is 32.7. The first-order valence-electron chi connectivity index (χ1n) is 22.3. The molecule has 2 heterocycles. The Morgan fingerprint density at radius 3 is 2.44 bits per heavy atom. The number of phenolic OH excluding ortho intramolecular Hbond substituents is 1. The third-order valence-corrected chi connectivity index (χ3v) is 12.3. The molecule has 5 N–H and O–H groups in total. The van der Waals surface area contributed by atoms with E-state index in [-0.39, 0.29) is 36.0 Å². The van der Waals surface area contributed by atoms with Gasteiger partial charge in [-0.3, -0.25) is 14.9 Å². The fraction of sp³-hybridized carbons (Fsp3) is 0.420. The molecule has 1 saturated heterocycles. The molecule has 1 aliphatic carbocycles. The summed E-state index contributed by atoms with van der Waals surface area (Å²) < 4.78 is 11.9. The van der Waals surface area contributed by atoms with Crippen molar-refractivity contribution in [1.29, 1.82) is 0 Å². The van der Waals surface area contributed by atoms with Crippen molar-refractivity contribution >= 4 is 28.6 Å². The van der Waals surface area contributed by atoms with E-state index in [4.69, 9.17) is 9.47 Å². The molecular weight excluding hydrogens is 783 g/mol. The number of benzene rings is 4. The number of likely N-dealkylation sites (tertiary alicyclic amines) is 1. The van der Waals surface area contributed by atoms with E-state index in [1.165, 1.54) is 23.3 Å². The number of hydrogen-bond acceptors (Lipinski definition) is 9. The number of rotatable bonds is 21. The number of aromatic hydroxyl groups is 1. The van der Waals surface area contributed by atoms with Gasteiger partial charge in [-0.2, -0.15) is 0 Å². The monoisotopic (exact) mass is 843 g/mol. The number of nitrogens with zero attached hydrogens (tertiary/aromatic N) is 2. The summed E-state index contributed by atoms with van der Waals surface area (Å²) in [6.45, 7) is 8.02. The second-order valence-electron chi connectivity index (χ2n) is 16.7. The maximum Gasteiger partial charge on any atom is 0.411 e. The van der Waals surface area contributed by atoms with Crippen LogP contribution >= 0.6 is 0 Å². The van der Waals surface area contributed by atoms with Crippen molar-refractivity contribution in [2.45, 2.75) is 64.1 Å². The number of aromatic amines is 1. The Morgan fingerprint density at radius 1 is 0.887 bits per heavy atom. The van der Waals surface area contributed by atoms with Gasteiger partial charge in [-0.1, -0.05) is 92.2 Å². The minimum absolute atomic E-state index is 0.0498. The maximum atomic E-state index is 13.2. The topological polar surface area (TPSA) is 156 Å². The van der Waals surface area contributed by atoms with Gasteiger partial charge in [-0.05, 0) is 84.4 Å². The molecule has 0 radical (unpaired) electrons. The van der Waals surface area contributed by atoms with Crippen LogP contribution in [-0.4, -0.2) is 102 Å². The van der Waals surface area contributed by atoms with Crippen molar-refractivity contribution in [2.75, 3.05) is 64.3 Å². The van der Waals surface area contributed by atoms with E-state index in [1.54, 1.807) is 12.1 Å². The molecule has 12 heteroatoms. The second kappa shape index (κ2) is 22.0. The van der Waals surface area contributed by atoms with Gasteiger partial charge in [-0.25, -0.2) is 4.79 Å². The Bertz CT molecular complexity index is 2290. The smallest absolute Gasteiger partial charge is 0.411 e. The van der Waals surface area contributed by atoms with Gasteiger partial charge < -0.3 is 39.8 Å². The van der Waals surface area contributed by atoms with Crippen molar-refractivity contribution in [3.63, 3.8) is 0 Å². The number of aliphatic hydroxyl groups is 1. The average molecular weight is 844 g/mol. The molecule has 1 unspecified atom stereocenters. The van der Waals surface area contributed by atoms with E-state index in [0.29, 0.717) is 67.6 Å². The SMILES string of the molecule is CCCCN(CCNC[C@H](O)c1ccc(O)c2[nH]c(=O)ccc12)C(=O)CCOCCc1cccc(CCN2C[C@H]3CC(OC(=O)Nc4ccccc4-c4ccccc4)C[C@H]3C2)c1. The molecule has 2 fully saturated rings. The number of H-pyrrole nitrogens is 1. The fourth-order valence-corrected chi connectivity index (χ4v) is 9.03. The first kappa shape index (κ1) is 44.5. The van der Waals surface area contributed by atoms with Gasteiger partial charge in [0.2, 0.25) is 11.5 Å². The number of carbonyl (C=O) groups is 2. The first-order valence-corrected chi connectivity index (χ1v) is 22.3. The quantitative estimate of drug-likeness (QED) is 0.0479. The lowest BCUT2D eigenvalue weighted by molar-refractivity contribution is -0.132. The molecule has 1 aromatic heterocycles. The van der Waals surface area contributed by atoms with Gasteiger partial charge >= 0.3 is 6.09 Å². The van der Waals surface area contributed by atoms with Crippen LogP contribution in [0, 0.1) is 11.8 Å². The number of amides is 2. The number of nitrogens with one attached hydrogen (secondary N) is 3. The number of unbranched alkanes of at least 4 members (excludes halogenated alkanes) is 1. The van der Waals surface area contributed by atoms with Crippen molar-refractivity contribution in [3.05, 3.63) is 130 Å². The van der Waals surface area contributed by atoms with Gasteiger partial charge in [0, 0.05) is 62.8 Å². The average Bonchev–Trinajstić information content (AvgIpc) is 3.84. The van der Waals surface area contributed by atoms with Crippen molar-refractivity contribution in [3.8, 4) is 16.9 Å². The van der Waals surface area contributed by atoms with Crippen molar-refractivity contribution in [2.24, 2.45) is 11.8 Å². The number of aliphatic hydroxyl groups excluding tert-OH is 1. The molecule has 1 aliphatic heterocycles. The molecule has 5 aromatic rings. The van der Waals surface area contributed by atoms with E-state index in [0.717, 1.165) is 75.0 Å². The molecule has 328 valence electrons. The lowest BCUT2D eigenvalue weighted by Crippen LogP contribution is -2.38. The van der Waals surface area contributed by atoms with Crippen LogP contribution in [0.15, 0.2) is 108 Å². The molecule has 7 rings (SSSR count). The molecular formula is C50H61N5O7. The van der Waals surface area contributed by atoms with E-state index in [2.05, 4.69) is 51.7 Å². The lowest BCUT2D eigenvalue weighted by Gasteiger charge is -2.23. The zero-order valence-electron chi connectivity index (χ0n) is 35.8. The zero-order chi connectivity index (χ0) is 43.3. The minimum atomic E-state index is -0.864. The minimum Gasteiger partial charge on any atom is -0.506 e. The van der Waals surface area contributed by atoms with Crippen molar-refractivity contribution < 1.29 is 29.3 Å². The number of phenols is 1. The fourth-order valence-electron chi connectivity index (χ4n) is 9.03. The number of carbonyl (C=O) groups excluding carboxylic acids is 2. The highest BCUT2D eigenvalue weighted by Crippen LogP contribution is 2.40. The molecule has 4 aromatic carbocycles. The van der Waals surface area contributed by atoms with Crippen LogP contribution < -0.4 is 16.2 Å². The van der Waals surface area contributed by atoms with Gasteiger partial charge in [0.1, 0.15) is 11.9 Å². The van der Waals surface area contributed by atoms with Crippen LogP contribution in [-0.2, 0) is 27.1 Å². The number of fused-ring (bicyclic) bond motifs is 2. The Labute approximate surface area is 364 Å². The highest BCUT2D eigenvalue weighted by Gasteiger charge is 2.42. The summed E-state index contributed by atoms with van der Waals surface area (Å²) in [6.07, 6.45) is 4.45. The molecule has 2 aliphatic rings.